The van der Waals surface area contributed by atoms with Crippen LogP contribution >= 0.6 is 0 Å². The molecule has 0 N–H and O–H groups in total. The number of hydrogen-bond donors (Lipinski definition) is 0. The van der Waals surface area contributed by atoms with Crippen LogP contribution in [0, 0.1) is 0 Å². The lowest BCUT2D eigenvalue weighted by Gasteiger charge is -2.34. The number of fused-ring (bicyclic) bond motifs is 1. The van der Waals surface area contributed by atoms with Crippen LogP contribution in [0.3, 0.4) is 0 Å². The lowest BCUT2D eigenvalue weighted by Crippen LogP contribution is -2.52. The molecule has 0 bridgehead atoms. The second-order valence-corrected chi connectivity index (χ2v) is 5.54. The molecule has 3 amide bonds. The van der Waals surface area contributed by atoms with Crippen LogP contribution < -0.4 is 0 Å². The van der Waals surface area contributed by atoms with Crippen molar-refractivity contribution in [3.05, 3.63) is 24.2 Å². The zero-order valence-electron chi connectivity index (χ0n) is 12.9. The average Bonchev–Trinajstić information content (AvgIpc) is 3.11. The van der Waals surface area contributed by atoms with Crippen molar-refractivity contribution in [1.29, 1.82) is 0 Å². The number of carbonyl (C=O) groups excluding carboxylic acids is 3. The Morgan fingerprint density at radius 1 is 1.39 bits per heavy atom. The van der Waals surface area contributed by atoms with Crippen LogP contribution in [0.5, 0.6) is 0 Å². The second kappa shape index (κ2) is 6.41. The summed E-state index contributed by atoms with van der Waals surface area (Å²) in [4.78, 5) is 40.9. The van der Waals surface area contributed by atoms with E-state index < -0.39 is 18.0 Å². The molecule has 2 aliphatic heterocycles. The first kappa shape index (κ1) is 15.5. The quantitative estimate of drug-likeness (QED) is 0.573. The number of carbonyl (C=O) groups is 3. The molecule has 1 atom stereocenters. The van der Waals surface area contributed by atoms with Crippen LogP contribution in [0.15, 0.2) is 22.8 Å². The zero-order chi connectivity index (χ0) is 16.4. The second-order valence-electron chi connectivity index (χ2n) is 5.54. The molecule has 124 valence electrons. The number of piperazine rings is 1. The minimum absolute atomic E-state index is 0.221. The first-order valence-electron chi connectivity index (χ1n) is 7.62. The van der Waals surface area contributed by atoms with Crippen molar-refractivity contribution in [2.75, 3.05) is 32.8 Å². The van der Waals surface area contributed by atoms with E-state index in [2.05, 4.69) is 4.90 Å². The highest BCUT2D eigenvalue weighted by molar-refractivity contribution is 6.06. The van der Waals surface area contributed by atoms with Crippen molar-refractivity contribution >= 4 is 17.9 Å². The highest BCUT2D eigenvalue weighted by Gasteiger charge is 2.48. The Kier molecular flexibility index (Phi) is 4.33. The monoisotopic (exact) mass is 321 g/mol. The Bertz CT molecular complexity index is 600. The smallest absolute Gasteiger partial charge is 0.328 e. The lowest BCUT2D eigenvalue weighted by molar-refractivity contribution is -0.146. The predicted molar refractivity (Wildman–Crippen MR) is 78.2 cm³/mol. The van der Waals surface area contributed by atoms with E-state index in [1.54, 1.807) is 13.2 Å². The molecule has 8 heteroatoms. The fraction of sp³-hybridized carbons (Fsp3) is 0.533. The summed E-state index contributed by atoms with van der Waals surface area (Å²) in [6, 6.07) is 2.74. The highest BCUT2D eigenvalue weighted by atomic mass is 16.5. The SMILES string of the molecule is CCOC(=O)CN1C(=O)C2CN(Cc3ccco3)CCN2C1=O. The van der Waals surface area contributed by atoms with E-state index in [0.717, 1.165) is 10.7 Å². The topological polar surface area (TPSA) is 83.3 Å². The Morgan fingerprint density at radius 2 is 2.22 bits per heavy atom. The summed E-state index contributed by atoms with van der Waals surface area (Å²) in [5.74, 6) is -0.0905. The molecule has 0 saturated carbocycles. The summed E-state index contributed by atoms with van der Waals surface area (Å²) in [6.07, 6.45) is 1.61. The molecule has 0 radical (unpaired) electrons. The molecule has 0 aliphatic carbocycles. The third-order valence-corrected chi connectivity index (χ3v) is 4.04. The van der Waals surface area contributed by atoms with Gasteiger partial charge in [-0.2, -0.15) is 0 Å². The van der Waals surface area contributed by atoms with Crippen molar-refractivity contribution < 1.29 is 23.5 Å². The van der Waals surface area contributed by atoms with Gasteiger partial charge in [0.15, 0.2) is 0 Å². The van der Waals surface area contributed by atoms with Gasteiger partial charge in [0.05, 0.1) is 19.4 Å². The largest absolute Gasteiger partial charge is 0.468 e. The Balaban J connectivity index is 1.65. The molecule has 1 aromatic heterocycles. The number of amides is 3. The van der Waals surface area contributed by atoms with Gasteiger partial charge in [0, 0.05) is 19.6 Å². The fourth-order valence-corrected chi connectivity index (χ4v) is 2.96. The first-order chi connectivity index (χ1) is 11.1. The number of urea groups is 1. The number of nitrogens with zero attached hydrogens (tertiary/aromatic N) is 3. The third kappa shape index (κ3) is 3.07. The van der Waals surface area contributed by atoms with Crippen molar-refractivity contribution in [3.8, 4) is 0 Å². The first-order valence-corrected chi connectivity index (χ1v) is 7.62. The summed E-state index contributed by atoms with van der Waals surface area (Å²) in [6.45, 7) is 3.72. The number of hydrogen-bond acceptors (Lipinski definition) is 6. The maximum absolute atomic E-state index is 12.4. The summed E-state index contributed by atoms with van der Waals surface area (Å²) in [5.41, 5.74) is 0. The van der Waals surface area contributed by atoms with Gasteiger partial charge in [0.2, 0.25) is 0 Å². The number of esters is 1. The van der Waals surface area contributed by atoms with E-state index in [-0.39, 0.29) is 19.1 Å². The zero-order valence-corrected chi connectivity index (χ0v) is 12.9. The summed E-state index contributed by atoms with van der Waals surface area (Å²) >= 11 is 0. The van der Waals surface area contributed by atoms with Crippen LogP contribution in [0.1, 0.15) is 12.7 Å². The van der Waals surface area contributed by atoms with Gasteiger partial charge in [-0.05, 0) is 19.1 Å². The van der Waals surface area contributed by atoms with Crippen LogP contribution in [0.25, 0.3) is 0 Å². The van der Waals surface area contributed by atoms with Crippen molar-refractivity contribution in [1.82, 2.24) is 14.7 Å². The summed E-state index contributed by atoms with van der Waals surface area (Å²) in [7, 11) is 0. The van der Waals surface area contributed by atoms with Gasteiger partial charge < -0.3 is 14.1 Å². The molecular formula is C15H19N3O5. The minimum Gasteiger partial charge on any atom is -0.468 e. The fourth-order valence-electron chi connectivity index (χ4n) is 2.96. The normalized spacial score (nSPS) is 21.7. The maximum Gasteiger partial charge on any atom is 0.328 e. The van der Waals surface area contributed by atoms with Gasteiger partial charge >= 0.3 is 12.0 Å². The van der Waals surface area contributed by atoms with Gasteiger partial charge in [-0.1, -0.05) is 0 Å². The number of rotatable bonds is 5. The van der Waals surface area contributed by atoms with Gasteiger partial charge in [-0.15, -0.1) is 0 Å². The van der Waals surface area contributed by atoms with Gasteiger partial charge in [-0.3, -0.25) is 19.4 Å². The third-order valence-electron chi connectivity index (χ3n) is 4.04. The molecule has 1 unspecified atom stereocenters. The molecule has 1 aromatic rings. The minimum atomic E-state index is -0.568. The van der Waals surface area contributed by atoms with E-state index in [4.69, 9.17) is 9.15 Å². The molecular weight excluding hydrogens is 302 g/mol. The van der Waals surface area contributed by atoms with Crippen LogP contribution in [-0.4, -0.2) is 71.4 Å². The van der Waals surface area contributed by atoms with Crippen molar-refractivity contribution in [2.45, 2.75) is 19.5 Å². The molecule has 2 aliphatic rings. The molecule has 2 saturated heterocycles. The van der Waals surface area contributed by atoms with Gasteiger partial charge in [0.1, 0.15) is 18.3 Å². The maximum atomic E-state index is 12.4. The van der Waals surface area contributed by atoms with Crippen LogP contribution in [-0.2, 0) is 20.9 Å². The molecule has 3 rings (SSSR count). The number of ether oxygens (including phenoxy) is 1. The number of furan rings is 1. The summed E-state index contributed by atoms with van der Waals surface area (Å²) < 4.78 is 10.1. The van der Waals surface area contributed by atoms with E-state index in [1.165, 1.54) is 4.90 Å². The molecule has 0 aromatic carbocycles. The van der Waals surface area contributed by atoms with Crippen LogP contribution in [0.2, 0.25) is 0 Å². The van der Waals surface area contributed by atoms with Gasteiger partial charge in [-0.25, -0.2) is 4.79 Å². The summed E-state index contributed by atoms with van der Waals surface area (Å²) in [5, 5.41) is 0. The molecule has 8 nitrogen and oxygen atoms in total. The van der Waals surface area contributed by atoms with Crippen molar-refractivity contribution in [2.24, 2.45) is 0 Å². The van der Waals surface area contributed by atoms with E-state index in [1.807, 2.05) is 12.1 Å². The lowest BCUT2D eigenvalue weighted by atomic mass is 10.2. The molecule has 2 fully saturated rings. The average molecular weight is 321 g/mol. The van der Waals surface area contributed by atoms with E-state index in [0.29, 0.717) is 26.2 Å². The molecule has 3 heterocycles. The van der Waals surface area contributed by atoms with E-state index in [9.17, 15) is 14.4 Å². The molecule has 0 spiro atoms. The van der Waals surface area contributed by atoms with Crippen LogP contribution in [0.4, 0.5) is 4.79 Å². The Morgan fingerprint density at radius 3 is 2.91 bits per heavy atom. The predicted octanol–water partition coefficient (Wildman–Crippen LogP) is 0.291. The standard InChI is InChI=1S/C15H19N3O5/c1-2-22-13(19)10-18-14(20)12-9-16(5-6-17(12)15(18)21)8-11-4-3-7-23-11/h3-4,7,12H,2,5-6,8-10H2,1H3. The number of imide groups is 1. The molecule has 23 heavy (non-hydrogen) atoms. The Hall–Kier alpha value is -2.35. The van der Waals surface area contributed by atoms with Gasteiger partial charge in [0.25, 0.3) is 5.91 Å². The van der Waals surface area contributed by atoms with Crippen molar-refractivity contribution in [3.63, 3.8) is 0 Å². The highest BCUT2D eigenvalue weighted by Crippen LogP contribution is 2.23. The van der Waals surface area contributed by atoms with E-state index >= 15 is 0 Å². The Labute approximate surface area is 133 Å².